The third-order valence-corrected chi connectivity index (χ3v) is 5.12. The van der Waals surface area contributed by atoms with Crippen LogP contribution in [0.1, 0.15) is 15.9 Å². The van der Waals surface area contributed by atoms with E-state index in [9.17, 15) is 18.0 Å². The summed E-state index contributed by atoms with van der Waals surface area (Å²) < 4.78 is 50.8. The van der Waals surface area contributed by atoms with E-state index in [2.05, 4.69) is 10.3 Å². The van der Waals surface area contributed by atoms with Gasteiger partial charge in [0, 0.05) is 10.9 Å². The van der Waals surface area contributed by atoms with Gasteiger partial charge in [-0.3, -0.25) is 4.79 Å². The number of nitrogens with zero attached hydrogens (tertiary/aromatic N) is 1. The number of ether oxygens (including phenoxy) is 2. The Morgan fingerprint density at radius 2 is 1.58 bits per heavy atom. The number of pyridine rings is 1. The number of fused-ring (bicyclic) bond motifs is 1. The first kappa shape index (κ1) is 22.1. The molecule has 1 heterocycles. The molecule has 0 fully saturated rings. The van der Waals surface area contributed by atoms with Crippen molar-refractivity contribution in [3.8, 4) is 22.8 Å². The molecule has 33 heavy (non-hydrogen) atoms. The van der Waals surface area contributed by atoms with Crippen molar-refractivity contribution in [3.63, 3.8) is 0 Å². The Morgan fingerprint density at radius 3 is 2.30 bits per heavy atom. The van der Waals surface area contributed by atoms with E-state index in [0.29, 0.717) is 33.7 Å². The van der Waals surface area contributed by atoms with Crippen molar-refractivity contribution in [1.29, 1.82) is 0 Å². The van der Waals surface area contributed by atoms with Crippen molar-refractivity contribution in [1.82, 2.24) is 4.98 Å². The number of amides is 1. The number of aromatic nitrogens is 1. The highest BCUT2D eigenvalue weighted by molar-refractivity contribution is 6.13. The Labute approximate surface area is 187 Å². The van der Waals surface area contributed by atoms with Gasteiger partial charge in [-0.1, -0.05) is 30.3 Å². The van der Waals surface area contributed by atoms with Crippen LogP contribution in [0.25, 0.3) is 22.2 Å². The molecule has 168 valence electrons. The standard InChI is InChI=1S/C25H19F3N2O3/c1-32-22-12-11-15(13-23(22)33-2)21-14-17(16-7-3-5-9-19(16)29-21)24(31)30-20-10-6-4-8-18(20)25(26,27)28/h3-14H,1-2H3,(H,30,31). The van der Waals surface area contributed by atoms with E-state index in [1.54, 1.807) is 48.5 Å². The van der Waals surface area contributed by atoms with E-state index in [1.807, 2.05) is 0 Å². The third-order valence-electron chi connectivity index (χ3n) is 5.12. The van der Waals surface area contributed by atoms with E-state index < -0.39 is 17.6 Å². The summed E-state index contributed by atoms with van der Waals surface area (Å²) in [5, 5.41) is 2.93. The first-order chi connectivity index (χ1) is 15.8. The average molecular weight is 452 g/mol. The molecule has 0 atom stereocenters. The molecule has 8 heteroatoms. The van der Waals surface area contributed by atoms with Gasteiger partial charge in [-0.25, -0.2) is 4.98 Å². The fourth-order valence-corrected chi connectivity index (χ4v) is 3.54. The average Bonchev–Trinajstić information content (AvgIpc) is 2.82. The lowest BCUT2D eigenvalue weighted by Gasteiger charge is -2.15. The highest BCUT2D eigenvalue weighted by Crippen LogP contribution is 2.36. The smallest absolute Gasteiger partial charge is 0.418 e. The van der Waals surface area contributed by atoms with Gasteiger partial charge in [-0.05, 0) is 42.5 Å². The molecular formula is C25H19F3N2O3. The zero-order valence-electron chi connectivity index (χ0n) is 17.7. The van der Waals surface area contributed by atoms with Crippen LogP contribution < -0.4 is 14.8 Å². The van der Waals surface area contributed by atoms with Crippen LogP contribution in [-0.2, 0) is 6.18 Å². The van der Waals surface area contributed by atoms with Crippen molar-refractivity contribution in [2.24, 2.45) is 0 Å². The van der Waals surface area contributed by atoms with Gasteiger partial charge in [-0.2, -0.15) is 13.2 Å². The van der Waals surface area contributed by atoms with Gasteiger partial charge in [0.05, 0.1) is 42.2 Å². The molecule has 4 rings (SSSR count). The van der Waals surface area contributed by atoms with Crippen LogP contribution in [0.3, 0.4) is 0 Å². The zero-order chi connectivity index (χ0) is 23.6. The number of alkyl halides is 3. The fraction of sp³-hybridized carbons (Fsp3) is 0.120. The number of methoxy groups -OCH3 is 2. The SMILES string of the molecule is COc1ccc(-c2cc(C(=O)Nc3ccccc3C(F)(F)F)c3ccccc3n2)cc1OC. The van der Waals surface area contributed by atoms with Gasteiger partial charge in [-0.15, -0.1) is 0 Å². The Morgan fingerprint density at radius 1 is 0.879 bits per heavy atom. The van der Waals surface area contributed by atoms with Crippen molar-refractivity contribution >= 4 is 22.5 Å². The number of nitrogens with one attached hydrogen (secondary N) is 1. The molecule has 0 saturated carbocycles. The van der Waals surface area contributed by atoms with Crippen LogP contribution in [0, 0.1) is 0 Å². The number of hydrogen-bond acceptors (Lipinski definition) is 4. The Bertz CT molecular complexity index is 1340. The quantitative estimate of drug-likeness (QED) is 0.392. The summed E-state index contributed by atoms with van der Waals surface area (Å²) in [6.45, 7) is 0. The second-order valence-corrected chi connectivity index (χ2v) is 7.14. The van der Waals surface area contributed by atoms with Gasteiger partial charge in [0.15, 0.2) is 11.5 Å². The largest absolute Gasteiger partial charge is 0.493 e. The summed E-state index contributed by atoms with van der Waals surface area (Å²) >= 11 is 0. The van der Waals surface area contributed by atoms with Crippen molar-refractivity contribution in [3.05, 3.63) is 83.9 Å². The van der Waals surface area contributed by atoms with Gasteiger partial charge >= 0.3 is 6.18 Å². The van der Waals surface area contributed by atoms with Crippen LogP contribution >= 0.6 is 0 Å². The zero-order valence-corrected chi connectivity index (χ0v) is 17.7. The molecule has 0 aliphatic carbocycles. The van der Waals surface area contributed by atoms with Crippen LogP contribution in [0.5, 0.6) is 11.5 Å². The van der Waals surface area contributed by atoms with Crippen LogP contribution in [0.15, 0.2) is 72.8 Å². The molecular weight excluding hydrogens is 433 g/mol. The lowest BCUT2D eigenvalue weighted by Crippen LogP contribution is -2.17. The van der Waals surface area contributed by atoms with E-state index in [-0.39, 0.29) is 11.3 Å². The number of benzene rings is 3. The number of para-hydroxylation sites is 2. The van der Waals surface area contributed by atoms with Crippen LogP contribution in [0.4, 0.5) is 18.9 Å². The molecule has 1 amide bonds. The van der Waals surface area contributed by atoms with E-state index in [1.165, 1.54) is 32.4 Å². The summed E-state index contributed by atoms with van der Waals surface area (Å²) in [7, 11) is 3.03. The van der Waals surface area contributed by atoms with E-state index in [4.69, 9.17) is 9.47 Å². The Hall–Kier alpha value is -4.07. The van der Waals surface area contributed by atoms with Gasteiger partial charge < -0.3 is 14.8 Å². The molecule has 0 radical (unpaired) electrons. The summed E-state index contributed by atoms with van der Waals surface area (Å²) in [5.41, 5.74) is 0.605. The highest BCUT2D eigenvalue weighted by Gasteiger charge is 2.33. The molecule has 0 aliphatic heterocycles. The number of halogens is 3. The molecule has 1 aromatic heterocycles. The van der Waals surface area contributed by atoms with E-state index in [0.717, 1.165) is 6.07 Å². The number of carbonyl (C=O) groups is 1. The summed E-state index contributed by atoms with van der Waals surface area (Å²) in [5.74, 6) is 0.339. The van der Waals surface area contributed by atoms with Crippen molar-refractivity contribution in [2.75, 3.05) is 19.5 Å². The van der Waals surface area contributed by atoms with Crippen LogP contribution in [0.2, 0.25) is 0 Å². The van der Waals surface area contributed by atoms with Gasteiger partial charge in [0.2, 0.25) is 0 Å². The first-order valence-corrected chi connectivity index (χ1v) is 9.91. The number of rotatable bonds is 5. The molecule has 0 saturated heterocycles. The number of hydrogen-bond donors (Lipinski definition) is 1. The van der Waals surface area contributed by atoms with Crippen molar-refractivity contribution in [2.45, 2.75) is 6.18 Å². The Balaban J connectivity index is 1.81. The predicted molar refractivity (Wildman–Crippen MR) is 120 cm³/mol. The second kappa shape index (κ2) is 8.82. The molecule has 4 aromatic rings. The topological polar surface area (TPSA) is 60.5 Å². The lowest BCUT2D eigenvalue weighted by molar-refractivity contribution is -0.136. The van der Waals surface area contributed by atoms with Crippen molar-refractivity contribution < 1.29 is 27.4 Å². The second-order valence-electron chi connectivity index (χ2n) is 7.14. The molecule has 0 bridgehead atoms. The Kier molecular flexibility index (Phi) is 5.91. The van der Waals surface area contributed by atoms with Gasteiger partial charge in [0.25, 0.3) is 5.91 Å². The maximum absolute atomic E-state index is 13.4. The molecule has 0 aliphatic rings. The summed E-state index contributed by atoms with van der Waals surface area (Å²) in [6.07, 6.45) is -4.60. The summed E-state index contributed by atoms with van der Waals surface area (Å²) in [4.78, 5) is 17.8. The minimum Gasteiger partial charge on any atom is -0.493 e. The minimum atomic E-state index is -4.60. The number of carbonyl (C=O) groups excluding carboxylic acids is 1. The third kappa shape index (κ3) is 4.45. The highest BCUT2D eigenvalue weighted by atomic mass is 19.4. The maximum atomic E-state index is 13.4. The van der Waals surface area contributed by atoms with Crippen LogP contribution in [-0.4, -0.2) is 25.1 Å². The molecule has 3 aromatic carbocycles. The monoisotopic (exact) mass is 452 g/mol. The summed E-state index contributed by atoms with van der Waals surface area (Å²) in [6, 6.07) is 18.5. The predicted octanol–water partition coefficient (Wildman–Crippen LogP) is 6.19. The van der Waals surface area contributed by atoms with E-state index >= 15 is 0 Å². The normalized spacial score (nSPS) is 11.3. The molecule has 0 unspecified atom stereocenters. The van der Waals surface area contributed by atoms with Gasteiger partial charge in [0.1, 0.15) is 0 Å². The lowest BCUT2D eigenvalue weighted by atomic mass is 10.0. The molecule has 5 nitrogen and oxygen atoms in total. The maximum Gasteiger partial charge on any atom is 0.418 e. The molecule has 1 N–H and O–H groups in total. The fourth-order valence-electron chi connectivity index (χ4n) is 3.54. The minimum absolute atomic E-state index is 0.197. The molecule has 0 spiro atoms. The first-order valence-electron chi connectivity index (χ1n) is 9.91. The number of anilines is 1.